The van der Waals surface area contributed by atoms with Crippen molar-refractivity contribution in [2.75, 3.05) is 31.2 Å². The van der Waals surface area contributed by atoms with Gasteiger partial charge < -0.3 is 24.4 Å². The van der Waals surface area contributed by atoms with Crippen LogP contribution in [0.5, 0.6) is 5.75 Å². The van der Waals surface area contributed by atoms with Crippen molar-refractivity contribution < 1.29 is 19.5 Å². The average molecular weight is 455 g/mol. The van der Waals surface area contributed by atoms with Gasteiger partial charge in [-0.2, -0.15) is 4.98 Å². The van der Waals surface area contributed by atoms with E-state index in [9.17, 15) is 5.11 Å². The van der Waals surface area contributed by atoms with Gasteiger partial charge in [0.05, 0.1) is 6.61 Å². The molecular weight excluding hydrogens is 420 g/mol. The Hall–Kier alpha value is -2.97. The van der Waals surface area contributed by atoms with Crippen molar-refractivity contribution in [2.45, 2.75) is 53.6 Å². The molecule has 1 atom stereocenters. The summed E-state index contributed by atoms with van der Waals surface area (Å²) in [6.07, 6.45) is 0.638. The minimum atomic E-state index is -0.914. The lowest BCUT2D eigenvalue weighted by molar-refractivity contribution is 0.0531. The smallest absolute Gasteiger partial charge is 0.258 e. The number of aliphatic hydroxyl groups excluding tert-OH is 2. The maximum absolute atomic E-state index is 9.63. The van der Waals surface area contributed by atoms with Gasteiger partial charge in [0.1, 0.15) is 24.3 Å². The number of rotatable bonds is 11. The lowest BCUT2D eigenvalue weighted by Crippen LogP contribution is -2.23. The van der Waals surface area contributed by atoms with Crippen molar-refractivity contribution in [3.63, 3.8) is 0 Å². The molecule has 2 N–H and O–H groups in total. The van der Waals surface area contributed by atoms with E-state index in [2.05, 4.69) is 35.8 Å². The lowest BCUT2D eigenvalue weighted by Gasteiger charge is -2.20. The van der Waals surface area contributed by atoms with E-state index in [1.165, 1.54) is 0 Å². The number of aromatic nitrogens is 3. The minimum Gasteiger partial charge on any atom is -0.490 e. The first-order valence-electron chi connectivity index (χ1n) is 11.6. The van der Waals surface area contributed by atoms with Gasteiger partial charge in [-0.3, -0.25) is 0 Å². The minimum absolute atomic E-state index is 0.0344. The number of nitrogens with zero attached hydrogens (tertiary/aromatic N) is 4. The van der Waals surface area contributed by atoms with Crippen molar-refractivity contribution in [3.8, 4) is 28.6 Å². The van der Waals surface area contributed by atoms with Crippen LogP contribution < -0.4 is 9.64 Å². The molecule has 0 aliphatic carbocycles. The van der Waals surface area contributed by atoms with E-state index < -0.39 is 6.10 Å². The van der Waals surface area contributed by atoms with E-state index >= 15 is 0 Å². The van der Waals surface area contributed by atoms with Gasteiger partial charge in [-0.25, -0.2) is 4.98 Å². The fourth-order valence-electron chi connectivity index (χ4n) is 3.72. The standard InChI is InChI=1S/C25H34N4O4/c1-6-17-11-18(10-16(5)23(17)32-15-21(31)14-30)24-27-25(33-28-24)19-12-20(7-2)26-22(13-19)29(8-3)9-4/h10-13,21,30-31H,6-9,14-15H2,1-5H3. The number of anilines is 1. The largest absolute Gasteiger partial charge is 0.490 e. The predicted octanol–water partition coefficient (Wildman–Crippen LogP) is 3.81. The molecule has 0 radical (unpaired) electrons. The molecule has 8 heteroatoms. The molecule has 0 aliphatic rings. The van der Waals surface area contributed by atoms with E-state index in [0.29, 0.717) is 17.5 Å². The van der Waals surface area contributed by atoms with Crippen LogP contribution in [-0.2, 0) is 12.8 Å². The number of aliphatic hydroxyl groups is 2. The Morgan fingerprint density at radius 3 is 2.39 bits per heavy atom. The molecule has 3 aromatic rings. The molecule has 0 amide bonds. The van der Waals surface area contributed by atoms with Crippen LogP contribution in [-0.4, -0.2) is 57.7 Å². The Bertz CT molecular complexity index is 1060. The van der Waals surface area contributed by atoms with E-state index in [4.69, 9.17) is 19.4 Å². The highest BCUT2D eigenvalue weighted by Gasteiger charge is 2.17. The van der Waals surface area contributed by atoms with E-state index in [0.717, 1.165) is 59.7 Å². The van der Waals surface area contributed by atoms with Gasteiger partial charge in [-0.15, -0.1) is 0 Å². The quantitative estimate of drug-likeness (QED) is 0.451. The molecule has 0 spiro atoms. The maximum Gasteiger partial charge on any atom is 0.258 e. The van der Waals surface area contributed by atoms with Crippen molar-refractivity contribution >= 4 is 5.82 Å². The number of ether oxygens (including phenoxy) is 1. The number of aryl methyl sites for hydroxylation is 3. The second-order valence-electron chi connectivity index (χ2n) is 7.94. The highest BCUT2D eigenvalue weighted by Crippen LogP contribution is 2.32. The zero-order valence-corrected chi connectivity index (χ0v) is 20.1. The molecule has 0 saturated carbocycles. The SMILES string of the molecule is CCc1cc(-c2nc(-c3cc(C)c(OCC(O)CO)c(CC)c3)no2)cc(N(CC)CC)n1. The van der Waals surface area contributed by atoms with E-state index in [1.807, 2.05) is 38.1 Å². The fraction of sp³-hybridized carbons (Fsp3) is 0.480. The summed E-state index contributed by atoms with van der Waals surface area (Å²) in [5.41, 5.74) is 4.55. The lowest BCUT2D eigenvalue weighted by atomic mass is 10.0. The van der Waals surface area contributed by atoms with Crippen LogP contribution in [0.2, 0.25) is 0 Å². The maximum atomic E-state index is 9.63. The molecule has 2 heterocycles. The van der Waals surface area contributed by atoms with Crippen LogP contribution in [0.15, 0.2) is 28.8 Å². The summed E-state index contributed by atoms with van der Waals surface area (Å²) in [7, 11) is 0. The first-order chi connectivity index (χ1) is 15.9. The van der Waals surface area contributed by atoms with E-state index in [1.54, 1.807) is 0 Å². The average Bonchev–Trinajstić information content (AvgIpc) is 3.33. The summed E-state index contributed by atoms with van der Waals surface area (Å²) in [5.74, 6) is 2.58. The molecule has 1 aromatic carbocycles. The topological polar surface area (TPSA) is 105 Å². The van der Waals surface area contributed by atoms with Gasteiger partial charge in [0.2, 0.25) is 5.82 Å². The summed E-state index contributed by atoms with van der Waals surface area (Å²) in [5, 5.41) is 22.9. The molecule has 33 heavy (non-hydrogen) atoms. The second-order valence-corrected chi connectivity index (χ2v) is 7.94. The molecule has 2 aromatic heterocycles. The Balaban J connectivity index is 1.94. The van der Waals surface area contributed by atoms with Crippen molar-refractivity contribution in [2.24, 2.45) is 0 Å². The van der Waals surface area contributed by atoms with Crippen LogP contribution in [0.1, 0.15) is 44.5 Å². The summed E-state index contributed by atoms with van der Waals surface area (Å²) in [6.45, 7) is 11.7. The number of benzene rings is 1. The zero-order chi connectivity index (χ0) is 24.0. The molecule has 1 unspecified atom stereocenters. The van der Waals surface area contributed by atoms with Crippen molar-refractivity contribution in [3.05, 3.63) is 41.1 Å². The molecule has 0 bridgehead atoms. The molecular formula is C25H34N4O4. The normalized spacial score (nSPS) is 12.1. The molecule has 3 rings (SSSR count). The van der Waals surface area contributed by atoms with Crippen LogP contribution >= 0.6 is 0 Å². The summed E-state index contributed by atoms with van der Waals surface area (Å²) >= 11 is 0. The summed E-state index contributed by atoms with van der Waals surface area (Å²) in [4.78, 5) is 11.6. The van der Waals surface area contributed by atoms with Crippen molar-refractivity contribution in [1.29, 1.82) is 0 Å². The first-order valence-corrected chi connectivity index (χ1v) is 11.6. The second kappa shape index (κ2) is 11.2. The van der Waals surface area contributed by atoms with Crippen molar-refractivity contribution in [1.82, 2.24) is 15.1 Å². The summed E-state index contributed by atoms with van der Waals surface area (Å²) in [6, 6.07) is 7.92. The Kier molecular flexibility index (Phi) is 8.41. The molecule has 0 saturated heterocycles. The number of pyridine rings is 1. The molecule has 8 nitrogen and oxygen atoms in total. The van der Waals surface area contributed by atoms with Crippen LogP contribution in [0.4, 0.5) is 5.82 Å². The van der Waals surface area contributed by atoms with Gasteiger partial charge in [-0.1, -0.05) is 19.0 Å². The fourth-order valence-corrected chi connectivity index (χ4v) is 3.72. The predicted molar refractivity (Wildman–Crippen MR) is 129 cm³/mol. The number of hydrogen-bond acceptors (Lipinski definition) is 8. The first kappa shape index (κ1) is 24.7. The van der Waals surface area contributed by atoms with Crippen LogP contribution in [0, 0.1) is 6.92 Å². The monoisotopic (exact) mass is 454 g/mol. The Morgan fingerprint density at radius 1 is 1.00 bits per heavy atom. The highest BCUT2D eigenvalue weighted by molar-refractivity contribution is 5.65. The van der Waals surface area contributed by atoms with Gasteiger partial charge >= 0.3 is 0 Å². The van der Waals surface area contributed by atoms with Gasteiger partial charge in [0, 0.05) is 29.9 Å². The zero-order valence-electron chi connectivity index (χ0n) is 20.1. The number of hydrogen-bond donors (Lipinski definition) is 2. The van der Waals surface area contributed by atoms with Crippen LogP contribution in [0.25, 0.3) is 22.8 Å². The van der Waals surface area contributed by atoms with Crippen LogP contribution in [0.3, 0.4) is 0 Å². The Morgan fingerprint density at radius 2 is 1.76 bits per heavy atom. The third-order valence-electron chi connectivity index (χ3n) is 5.61. The summed E-state index contributed by atoms with van der Waals surface area (Å²) < 4.78 is 11.4. The molecule has 0 aliphatic heterocycles. The Labute approximate surface area is 195 Å². The van der Waals surface area contributed by atoms with Gasteiger partial charge in [0.15, 0.2) is 0 Å². The third kappa shape index (κ3) is 5.69. The van der Waals surface area contributed by atoms with Gasteiger partial charge in [-0.05, 0) is 69.0 Å². The van der Waals surface area contributed by atoms with Gasteiger partial charge in [0.25, 0.3) is 5.89 Å². The highest BCUT2D eigenvalue weighted by atomic mass is 16.5. The third-order valence-corrected chi connectivity index (χ3v) is 5.61. The van der Waals surface area contributed by atoms with E-state index in [-0.39, 0.29) is 13.2 Å². The molecule has 0 fully saturated rings. The molecule has 178 valence electrons.